The van der Waals surface area contributed by atoms with Crippen LogP contribution in [-0.2, 0) is 9.63 Å². The molecule has 0 radical (unpaired) electrons. The van der Waals surface area contributed by atoms with Gasteiger partial charge >= 0.3 is 0 Å². The van der Waals surface area contributed by atoms with Gasteiger partial charge in [0.15, 0.2) is 0 Å². The molecule has 0 aromatic carbocycles. The summed E-state index contributed by atoms with van der Waals surface area (Å²) >= 11 is 0. The van der Waals surface area contributed by atoms with Crippen LogP contribution in [0.4, 0.5) is 0 Å². The lowest BCUT2D eigenvalue weighted by molar-refractivity contribution is -0.114. The first-order valence-electron chi connectivity index (χ1n) is 2.09. The highest BCUT2D eigenvalue weighted by Crippen LogP contribution is 1.61. The number of nitrogens with zero attached hydrogens (tertiary/aromatic N) is 1. The Morgan fingerprint density at radius 2 is 2.50 bits per heavy atom. The van der Waals surface area contributed by atoms with Crippen LogP contribution < -0.4 is 5.32 Å². The molecule has 0 atom stereocenters. The molecule has 1 N–H and O–H groups in total. The molecule has 0 rings (SSSR count). The van der Waals surface area contributed by atoms with Crippen molar-refractivity contribution in [3.63, 3.8) is 0 Å². The van der Waals surface area contributed by atoms with Crippen LogP contribution in [0.3, 0.4) is 0 Å². The van der Waals surface area contributed by atoms with Gasteiger partial charge in [-0.3, -0.25) is 4.79 Å². The summed E-state index contributed by atoms with van der Waals surface area (Å²) in [6.07, 6.45) is 1.06. The van der Waals surface area contributed by atoms with Crippen LogP contribution in [0.2, 0.25) is 0 Å². The molecule has 0 aromatic heterocycles. The van der Waals surface area contributed by atoms with E-state index in [1.807, 2.05) is 0 Å². The van der Waals surface area contributed by atoms with Gasteiger partial charge in [0.25, 0.3) is 5.91 Å². The highest BCUT2D eigenvalue weighted by atomic mass is 16.6. The smallest absolute Gasteiger partial charge is 0.265 e. The third-order valence-electron chi connectivity index (χ3n) is 0.522. The van der Waals surface area contributed by atoms with Crippen molar-refractivity contribution in [1.29, 1.82) is 0 Å². The standard InChI is InChI=1S/C4H8N2O2/c1-5-4(7)3-6-8-2/h3H,1-2H3,(H,5,7)/b6-3+. The Morgan fingerprint density at radius 1 is 1.88 bits per heavy atom. The number of carbonyl (C=O) groups excluding carboxylic acids is 1. The minimum absolute atomic E-state index is 0.271. The van der Waals surface area contributed by atoms with Gasteiger partial charge in [0.1, 0.15) is 13.3 Å². The molecule has 0 aliphatic rings. The van der Waals surface area contributed by atoms with Gasteiger partial charge in [-0.05, 0) is 0 Å². The predicted molar refractivity (Wildman–Crippen MR) is 29.6 cm³/mol. The highest BCUT2D eigenvalue weighted by molar-refractivity contribution is 6.25. The van der Waals surface area contributed by atoms with Crippen LogP contribution in [-0.4, -0.2) is 26.3 Å². The zero-order valence-corrected chi connectivity index (χ0v) is 4.84. The Kier molecular flexibility index (Phi) is 3.56. The van der Waals surface area contributed by atoms with Crippen LogP contribution in [0.5, 0.6) is 0 Å². The SMILES string of the molecule is CNC(=O)/C=N/OC. The first kappa shape index (κ1) is 6.94. The Labute approximate surface area is 47.5 Å². The molecule has 0 saturated carbocycles. The summed E-state index contributed by atoms with van der Waals surface area (Å²) in [4.78, 5) is 14.5. The van der Waals surface area contributed by atoms with Crippen LogP contribution in [0.1, 0.15) is 0 Å². The van der Waals surface area contributed by atoms with Gasteiger partial charge in [-0.2, -0.15) is 0 Å². The van der Waals surface area contributed by atoms with Crippen molar-refractivity contribution in [1.82, 2.24) is 5.32 Å². The van der Waals surface area contributed by atoms with E-state index in [4.69, 9.17) is 0 Å². The normalized spacial score (nSPS) is 9.25. The summed E-state index contributed by atoms with van der Waals surface area (Å²) in [7, 11) is 2.89. The van der Waals surface area contributed by atoms with Gasteiger partial charge in [-0.1, -0.05) is 5.16 Å². The maximum absolute atomic E-state index is 10.2. The molecule has 0 aliphatic carbocycles. The molecular formula is C4H8N2O2. The van der Waals surface area contributed by atoms with Crippen molar-refractivity contribution in [2.24, 2.45) is 5.16 Å². The zero-order chi connectivity index (χ0) is 6.41. The third kappa shape index (κ3) is 3.14. The first-order valence-corrected chi connectivity index (χ1v) is 2.09. The van der Waals surface area contributed by atoms with E-state index in [1.165, 1.54) is 14.2 Å². The summed E-state index contributed by atoms with van der Waals surface area (Å²) in [5.41, 5.74) is 0. The van der Waals surface area contributed by atoms with Crippen molar-refractivity contribution in [3.05, 3.63) is 0 Å². The Bertz CT molecular complexity index is 100. The van der Waals surface area contributed by atoms with E-state index in [9.17, 15) is 4.79 Å². The van der Waals surface area contributed by atoms with E-state index < -0.39 is 0 Å². The van der Waals surface area contributed by atoms with E-state index in [1.54, 1.807) is 0 Å². The van der Waals surface area contributed by atoms with Crippen LogP contribution in [0, 0.1) is 0 Å². The van der Waals surface area contributed by atoms with Gasteiger partial charge in [0.2, 0.25) is 0 Å². The number of amides is 1. The number of hydrogen-bond acceptors (Lipinski definition) is 3. The van der Waals surface area contributed by atoms with Crippen molar-refractivity contribution < 1.29 is 9.63 Å². The van der Waals surface area contributed by atoms with Gasteiger partial charge in [-0.15, -0.1) is 0 Å². The Hall–Kier alpha value is -1.06. The second kappa shape index (κ2) is 4.11. The van der Waals surface area contributed by atoms with Crippen molar-refractivity contribution in [2.45, 2.75) is 0 Å². The molecule has 4 nitrogen and oxygen atoms in total. The minimum Gasteiger partial charge on any atom is -0.399 e. The fourth-order valence-electron chi connectivity index (χ4n) is 0.165. The largest absolute Gasteiger partial charge is 0.399 e. The number of carbonyl (C=O) groups is 1. The molecule has 0 heterocycles. The quantitative estimate of drug-likeness (QED) is 0.385. The van der Waals surface area contributed by atoms with Crippen molar-refractivity contribution in [3.8, 4) is 0 Å². The van der Waals surface area contributed by atoms with E-state index in [0.29, 0.717) is 0 Å². The van der Waals surface area contributed by atoms with Crippen LogP contribution in [0.25, 0.3) is 0 Å². The van der Waals surface area contributed by atoms with Crippen LogP contribution in [0.15, 0.2) is 5.16 Å². The van der Waals surface area contributed by atoms with Gasteiger partial charge < -0.3 is 10.2 Å². The average Bonchev–Trinajstić information content (AvgIpc) is 1.83. The topological polar surface area (TPSA) is 50.7 Å². The van der Waals surface area contributed by atoms with E-state index in [-0.39, 0.29) is 5.91 Å². The Morgan fingerprint density at radius 3 is 2.88 bits per heavy atom. The fourth-order valence-corrected chi connectivity index (χ4v) is 0.165. The van der Waals surface area contributed by atoms with Gasteiger partial charge in [0.05, 0.1) is 0 Å². The molecule has 0 spiro atoms. The van der Waals surface area contributed by atoms with Crippen LogP contribution >= 0.6 is 0 Å². The molecular weight excluding hydrogens is 108 g/mol. The summed E-state index contributed by atoms with van der Waals surface area (Å²) in [5, 5.41) is 5.54. The van der Waals surface area contributed by atoms with Gasteiger partial charge in [-0.25, -0.2) is 0 Å². The first-order chi connectivity index (χ1) is 3.81. The maximum Gasteiger partial charge on any atom is 0.265 e. The summed E-state index contributed by atoms with van der Waals surface area (Å²) in [5.74, 6) is -0.271. The number of nitrogens with one attached hydrogen (secondary N) is 1. The average molecular weight is 116 g/mol. The maximum atomic E-state index is 10.2. The fraction of sp³-hybridized carbons (Fsp3) is 0.500. The van der Waals surface area contributed by atoms with Crippen molar-refractivity contribution in [2.75, 3.05) is 14.2 Å². The second-order valence-electron chi connectivity index (χ2n) is 1.03. The lowest BCUT2D eigenvalue weighted by Gasteiger charge is -1.86. The van der Waals surface area contributed by atoms with Gasteiger partial charge in [0, 0.05) is 7.05 Å². The van der Waals surface area contributed by atoms with E-state index in [2.05, 4.69) is 15.3 Å². The molecule has 0 aromatic rings. The summed E-state index contributed by atoms with van der Waals surface area (Å²) < 4.78 is 0. The minimum atomic E-state index is -0.271. The molecule has 0 saturated heterocycles. The molecule has 0 unspecified atom stereocenters. The monoisotopic (exact) mass is 116 g/mol. The highest BCUT2D eigenvalue weighted by Gasteiger charge is 1.85. The third-order valence-corrected chi connectivity index (χ3v) is 0.522. The number of rotatable bonds is 2. The molecule has 0 bridgehead atoms. The lowest BCUT2D eigenvalue weighted by atomic mass is 10.7. The van der Waals surface area contributed by atoms with Crippen molar-refractivity contribution >= 4 is 12.1 Å². The lowest BCUT2D eigenvalue weighted by Crippen LogP contribution is -2.18. The van der Waals surface area contributed by atoms with E-state index >= 15 is 0 Å². The molecule has 46 valence electrons. The number of hydrogen-bond donors (Lipinski definition) is 1. The number of oxime groups is 1. The summed E-state index contributed by atoms with van der Waals surface area (Å²) in [6.45, 7) is 0. The van der Waals surface area contributed by atoms with E-state index in [0.717, 1.165) is 6.21 Å². The zero-order valence-electron chi connectivity index (χ0n) is 4.84. The molecule has 4 heteroatoms. The second-order valence-corrected chi connectivity index (χ2v) is 1.03. The molecule has 0 aliphatic heterocycles. The molecule has 8 heavy (non-hydrogen) atoms. The predicted octanol–water partition coefficient (Wildman–Crippen LogP) is -0.635. The molecule has 0 fully saturated rings. The summed E-state index contributed by atoms with van der Waals surface area (Å²) in [6, 6.07) is 0. The molecule has 1 amide bonds. The Balaban J connectivity index is 3.37.